The quantitative estimate of drug-likeness (QED) is 0.927. The summed E-state index contributed by atoms with van der Waals surface area (Å²) in [7, 11) is 1.43. The summed E-state index contributed by atoms with van der Waals surface area (Å²) in [5.41, 5.74) is -0.0830. The van der Waals surface area contributed by atoms with Crippen LogP contribution in [-0.4, -0.2) is 35.5 Å². The second kappa shape index (κ2) is 5.77. The molecule has 0 saturated carbocycles. The van der Waals surface area contributed by atoms with Gasteiger partial charge in [0, 0.05) is 18.1 Å². The first-order chi connectivity index (χ1) is 7.93. The van der Waals surface area contributed by atoms with Crippen LogP contribution in [0, 0.1) is 5.82 Å². The molecule has 0 heterocycles. The van der Waals surface area contributed by atoms with Crippen molar-refractivity contribution in [1.82, 2.24) is 4.90 Å². The van der Waals surface area contributed by atoms with E-state index in [0.717, 1.165) is 0 Å². The zero-order valence-electron chi connectivity index (χ0n) is 9.11. The summed E-state index contributed by atoms with van der Waals surface area (Å²) >= 11 is 3.09. The summed E-state index contributed by atoms with van der Waals surface area (Å²) in [6, 6.07) is 4.22. The van der Waals surface area contributed by atoms with Crippen LogP contribution < -0.4 is 0 Å². The summed E-state index contributed by atoms with van der Waals surface area (Å²) in [4.78, 5) is 23.4. The lowest BCUT2D eigenvalue weighted by Crippen LogP contribution is -2.30. The summed E-state index contributed by atoms with van der Waals surface area (Å²) in [5.74, 6) is -2.18. The molecule has 0 fully saturated rings. The van der Waals surface area contributed by atoms with E-state index < -0.39 is 17.7 Å². The third-order valence-electron chi connectivity index (χ3n) is 2.18. The molecule has 0 aliphatic rings. The van der Waals surface area contributed by atoms with Gasteiger partial charge in [0.25, 0.3) is 5.91 Å². The molecule has 1 N–H and O–H groups in total. The van der Waals surface area contributed by atoms with E-state index in [-0.39, 0.29) is 18.5 Å². The Hall–Kier alpha value is -1.43. The molecule has 17 heavy (non-hydrogen) atoms. The number of nitrogens with zero attached hydrogens (tertiary/aromatic N) is 1. The molecule has 1 amide bonds. The first-order valence-electron chi connectivity index (χ1n) is 4.84. The molecular weight excluding hydrogens is 293 g/mol. The number of rotatable bonds is 4. The van der Waals surface area contributed by atoms with Gasteiger partial charge in [0.15, 0.2) is 0 Å². The van der Waals surface area contributed by atoms with Gasteiger partial charge in [-0.3, -0.25) is 9.59 Å². The van der Waals surface area contributed by atoms with Crippen molar-refractivity contribution in [2.45, 2.75) is 6.42 Å². The van der Waals surface area contributed by atoms with Crippen LogP contribution in [0.2, 0.25) is 0 Å². The fourth-order valence-electron chi connectivity index (χ4n) is 1.26. The number of benzene rings is 1. The summed E-state index contributed by atoms with van der Waals surface area (Å²) in [6.07, 6.45) is -0.172. The Morgan fingerprint density at radius 2 is 2.12 bits per heavy atom. The number of halogens is 2. The summed E-state index contributed by atoms with van der Waals surface area (Å²) in [5, 5.41) is 8.50. The molecule has 92 valence electrons. The van der Waals surface area contributed by atoms with Crippen molar-refractivity contribution in [2.24, 2.45) is 0 Å². The van der Waals surface area contributed by atoms with Crippen molar-refractivity contribution in [2.75, 3.05) is 13.6 Å². The molecule has 4 nitrogen and oxygen atoms in total. The van der Waals surface area contributed by atoms with Crippen LogP contribution in [0.5, 0.6) is 0 Å². The Morgan fingerprint density at radius 3 is 2.65 bits per heavy atom. The number of carbonyl (C=O) groups is 2. The van der Waals surface area contributed by atoms with Gasteiger partial charge in [0.05, 0.1) is 12.0 Å². The summed E-state index contributed by atoms with van der Waals surface area (Å²) in [6.45, 7) is 0.0366. The van der Waals surface area contributed by atoms with Crippen LogP contribution in [-0.2, 0) is 4.79 Å². The third kappa shape index (κ3) is 3.52. The van der Waals surface area contributed by atoms with E-state index >= 15 is 0 Å². The molecular formula is C11H11BrFNO3. The largest absolute Gasteiger partial charge is 0.481 e. The lowest BCUT2D eigenvalue weighted by Gasteiger charge is -2.17. The Bertz CT molecular complexity index is 430. The normalized spacial score (nSPS) is 10.1. The Morgan fingerprint density at radius 1 is 1.47 bits per heavy atom. The van der Waals surface area contributed by atoms with Gasteiger partial charge in [-0.1, -0.05) is 6.07 Å². The zero-order valence-corrected chi connectivity index (χ0v) is 10.7. The van der Waals surface area contributed by atoms with Crippen LogP contribution >= 0.6 is 15.9 Å². The molecule has 0 bridgehead atoms. The van der Waals surface area contributed by atoms with Crippen molar-refractivity contribution in [3.63, 3.8) is 0 Å². The minimum Gasteiger partial charge on any atom is -0.481 e. The molecule has 0 aromatic heterocycles. The van der Waals surface area contributed by atoms with Gasteiger partial charge in [-0.15, -0.1) is 0 Å². The van der Waals surface area contributed by atoms with Crippen LogP contribution in [0.15, 0.2) is 22.7 Å². The number of amides is 1. The highest BCUT2D eigenvalue weighted by Gasteiger charge is 2.19. The highest BCUT2D eigenvalue weighted by molar-refractivity contribution is 9.10. The number of aliphatic carboxylic acids is 1. The average Bonchev–Trinajstić information content (AvgIpc) is 2.25. The molecule has 6 heteroatoms. The van der Waals surface area contributed by atoms with E-state index in [4.69, 9.17) is 5.11 Å². The molecule has 1 aromatic carbocycles. The van der Waals surface area contributed by atoms with Crippen LogP contribution in [0.25, 0.3) is 0 Å². The molecule has 0 unspecified atom stereocenters. The van der Waals surface area contributed by atoms with Gasteiger partial charge in [-0.05, 0) is 28.1 Å². The van der Waals surface area contributed by atoms with Crippen molar-refractivity contribution in [1.29, 1.82) is 0 Å². The van der Waals surface area contributed by atoms with Gasteiger partial charge in [0.2, 0.25) is 0 Å². The molecule has 1 aromatic rings. The second-order valence-corrected chi connectivity index (χ2v) is 4.32. The maximum Gasteiger partial charge on any atom is 0.305 e. The van der Waals surface area contributed by atoms with E-state index in [1.165, 1.54) is 24.1 Å². The molecule has 0 atom stereocenters. The van der Waals surface area contributed by atoms with Gasteiger partial charge < -0.3 is 10.0 Å². The number of carboxylic acid groups (broad SMARTS) is 1. The number of hydrogen-bond donors (Lipinski definition) is 1. The molecule has 0 spiro atoms. The maximum absolute atomic E-state index is 13.5. The van der Waals surface area contributed by atoms with E-state index in [0.29, 0.717) is 4.47 Å². The third-order valence-corrected chi connectivity index (χ3v) is 2.85. The average molecular weight is 304 g/mol. The summed E-state index contributed by atoms with van der Waals surface area (Å²) < 4.78 is 13.8. The van der Waals surface area contributed by atoms with Gasteiger partial charge in [-0.25, -0.2) is 4.39 Å². The molecule has 1 rings (SSSR count). The van der Waals surface area contributed by atoms with Crippen LogP contribution in [0.4, 0.5) is 4.39 Å². The lowest BCUT2D eigenvalue weighted by atomic mass is 10.2. The SMILES string of the molecule is CN(CCC(=O)O)C(=O)c1c(F)cccc1Br. The van der Waals surface area contributed by atoms with Crippen molar-refractivity contribution in [3.05, 3.63) is 34.1 Å². The first kappa shape index (κ1) is 13.6. The fourth-order valence-corrected chi connectivity index (χ4v) is 1.77. The van der Waals surface area contributed by atoms with Gasteiger partial charge >= 0.3 is 5.97 Å². The predicted molar refractivity (Wildman–Crippen MR) is 63.3 cm³/mol. The highest BCUT2D eigenvalue weighted by atomic mass is 79.9. The van der Waals surface area contributed by atoms with Crippen molar-refractivity contribution in [3.8, 4) is 0 Å². The maximum atomic E-state index is 13.5. The lowest BCUT2D eigenvalue weighted by molar-refractivity contribution is -0.137. The Labute approximate surface area is 106 Å². The Kier molecular flexibility index (Phi) is 4.62. The molecule has 0 radical (unpaired) electrons. The minimum atomic E-state index is -1.00. The van der Waals surface area contributed by atoms with E-state index in [1.807, 2.05) is 0 Å². The van der Waals surface area contributed by atoms with E-state index in [9.17, 15) is 14.0 Å². The van der Waals surface area contributed by atoms with Crippen molar-refractivity contribution >= 4 is 27.8 Å². The second-order valence-electron chi connectivity index (χ2n) is 3.47. The minimum absolute atomic E-state index is 0.0366. The Balaban J connectivity index is 2.85. The van der Waals surface area contributed by atoms with Gasteiger partial charge in [0.1, 0.15) is 5.82 Å². The molecule has 0 aliphatic heterocycles. The van der Waals surface area contributed by atoms with Gasteiger partial charge in [-0.2, -0.15) is 0 Å². The standard InChI is InChI=1S/C11H11BrFNO3/c1-14(6-5-9(15)16)11(17)10-7(12)3-2-4-8(10)13/h2-4H,5-6H2,1H3,(H,15,16). The number of carboxylic acids is 1. The smallest absolute Gasteiger partial charge is 0.305 e. The van der Waals surface area contributed by atoms with Crippen LogP contribution in [0.1, 0.15) is 16.8 Å². The number of hydrogen-bond acceptors (Lipinski definition) is 2. The predicted octanol–water partition coefficient (Wildman–Crippen LogP) is 2.13. The van der Waals surface area contributed by atoms with E-state index in [1.54, 1.807) is 6.07 Å². The first-order valence-corrected chi connectivity index (χ1v) is 5.64. The van der Waals surface area contributed by atoms with Crippen LogP contribution in [0.3, 0.4) is 0 Å². The molecule has 0 aliphatic carbocycles. The fraction of sp³-hybridized carbons (Fsp3) is 0.273. The highest BCUT2D eigenvalue weighted by Crippen LogP contribution is 2.21. The monoisotopic (exact) mass is 303 g/mol. The number of carbonyl (C=O) groups excluding carboxylic acids is 1. The molecule has 0 saturated heterocycles. The topological polar surface area (TPSA) is 57.6 Å². The van der Waals surface area contributed by atoms with E-state index in [2.05, 4.69) is 15.9 Å². The van der Waals surface area contributed by atoms with Crippen molar-refractivity contribution < 1.29 is 19.1 Å². The zero-order chi connectivity index (χ0) is 13.0.